The summed E-state index contributed by atoms with van der Waals surface area (Å²) in [6, 6.07) is 13.3. The number of amides is 2. The SMILES string of the molecule is O=C=NCc1ccc(NC(=O)OCCOC(=O)Nc2ccc(CN=C=O)cc2)cc1. The zero-order valence-electron chi connectivity index (χ0n) is 15.8. The Bertz CT molecular complexity index is 867. The first-order valence-corrected chi connectivity index (χ1v) is 8.73. The third-order valence-corrected chi connectivity index (χ3v) is 3.60. The molecule has 0 aliphatic carbocycles. The number of isocyanates is 2. The molecule has 0 fully saturated rings. The van der Waals surface area contributed by atoms with Gasteiger partial charge in [-0.1, -0.05) is 24.3 Å². The third kappa shape index (κ3) is 8.18. The first-order valence-electron chi connectivity index (χ1n) is 8.73. The molecule has 154 valence electrons. The minimum absolute atomic E-state index is 0.131. The van der Waals surface area contributed by atoms with Gasteiger partial charge in [-0.15, -0.1) is 0 Å². The van der Waals surface area contributed by atoms with Crippen LogP contribution in [0.2, 0.25) is 0 Å². The van der Waals surface area contributed by atoms with Crippen molar-refractivity contribution in [3.8, 4) is 0 Å². The van der Waals surface area contributed by atoms with Crippen LogP contribution in [0.4, 0.5) is 21.0 Å². The van der Waals surface area contributed by atoms with E-state index in [0.29, 0.717) is 11.4 Å². The Kier molecular flexibility index (Phi) is 9.00. The van der Waals surface area contributed by atoms with Crippen molar-refractivity contribution in [2.45, 2.75) is 13.1 Å². The molecule has 0 heterocycles. The predicted octanol–water partition coefficient (Wildman–Crippen LogP) is 3.16. The number of carbonyl (C=O) groups excluding carboxylic acids is 4. The molecule has 2 amide bonds. The molecule has 0 bridgehead atoms. The van der Waals surface area contributed by atoms with Crippen LogP contribution in [0.1, 0.15) is 11.1 Å². The highest BCUT2D eigenvalue weighted by Gasteiger charge is 2.06. The van der Waals surface area contributed by atoms with E-state index in [0.717, 1.165) is 11.1 Å². The number of hydrogen-bond acceptors (Lipinski definition) is 8. The number of hydrogen-bond donors (Lipinski definition) is 2. The molecule has 0 spiro atoms. The zero-order valence-corrected chi connectivity index (χ0v) is 15.8. The van der Waals surface area contributed by atoms with E-state index in [1.165, 1.54) is 12.2 Å². The molecule has 0 atom stereocenters. The van der Waals surface area contributed by atoms with Gasteiger partial charge in [0, 0.05) is 11.4 Å². The summed E-state index contributed by atoms with van der Waals surface area (Å²) < 4.78 is 9.86. The Labute approximate surface area is 171 Å². The standard InChI is InChI=1S/C20H18N4O6/c25-13-21-11-15-1-5-17(6-2-15)23-19(27)29-9-10-30-20(28)24-18-7-3-16(4-8-18)12-22-14-26/h1-8H,9-12H2,(H,23,27)(H,24,28). The Balaban J connectivity index is 1.65. The van der Waals surface area contributed by atoms with Gasteiger partial charge in [0.05, 0.1) is 13.1 Å². The van der Waals surface area contributed by atoms with Crippen LogP contribution < -0.4 is 10.6 Å². The van der Waals surface area contributed by atoms with Crippen LogP contribution in [-0.4, -0.2) is 37.6 Å². The van der Waals surface area contributed by atoms with E-state index in [-0.39, 0.29) is 26.3 Å². The number of aliphatic imine (C=N–C) groups is 2. The molecule has 0 aliphatic rings. The number of anilines is 2. The first kappa shape index (κ1) is 22.0. The highest BCUT2D eigenvalue weighted by atomic mass is 16.6. The minimum atomic E-state index is -0.703. The average Bonchev–Trinajstić information content (AvgIpc) is 2.76. The van der Waals surface area contributed by atoms with E-state index < -0.39 is 12.2 Å². The Morgan fingerprint density at radius 3 is 1.40 bits per heavy atom. The molecule has 0 radical (unpaired) electrons. The second kappa shape index (κ2) is 12.2. The van der Waals surface area contributed by atoms with Crippen molar-refractivity contribution in [3.63, 3.8) is 0 Å². The number of ether oxygens (including phenoxy) is 2. The molecule has 2 rings (SSSR count). The van der Waals surface area contributed by atoms with Crippen LogP contribution in [-0.2, 0) is 32.2 Å². The van der Waals surface area contributed by atoms with Crippen molar-refractivity contribution in [3.05, 3.63) is 59.7 Å². The van der Waals surface area contributed by atoms with Gasteiger partial charge in [-0.25, -0.2) is 29.2 Å². The molecule has 2 aromatic carbocycles. The molecule has 0 saturated carbocycles. The fraction of sp³-hybridized carbons (Fsp3) is 0.200. The van der Waals surface area contributed by atoms with E-state index in [2.05, 4.69) is 20.6 Å². The topological polar surface area (TPSA) is 136 Å². The summed E-state index contributed by atoms with van der Waals surface area (Å²) in [6.07, 6.45) is 1.50. The van der Waals surface area contributed by atoms with Gasteiger partial charge in [0.1, 0.15) is 13.2 Å². The Morgan fingerprint density at radius 1 is 0.700 bits per heavy atom. The van der Waals surface area contributed by atoms with Crippen molar-refractivity contribution in [2.75, 3.05) is 23.8 Å². The molecule has 10 heteroatoms. The van der Waals surface area contributed by atoms with Gasteiger partial charge in [0.15, 0.2) is 0 Å². The maximum Gasteiger partial charge on any atom is 0.411 e. The maximum atomic E-state index is 11.7. The Morgan fingerprint density at radius 2 is 1.07 bits per heavy atom. The molecular weight excluding hydrogens is 392 g/mol. The van der Waals surface area contributed by atoms with Crippen LogP contribution in [0.25, 0.3) is 0 Å². The lowest BCUT2D eigenvalue weighted by Gasteiger charge is -2.09. The second-order valence-corrected chi connectivity index (χ2v) is 5.73. The smallest absolute Gasteiger partial charge is 0.411 e. The second-order valence-electron chi connectivity index (χ2n) is 5.73. The summed E-state index contributed by atoms with van der Waals surface area (Å²) >= 11 is 0. The number of nitrogens with zero attached hydrogens (tertiary/aromatic N) is 2. The summed E-state index contributed by atoms with van der Waals surface area (Å²) in [5, 5.41) is 5.03. The van der Waals surface area contributed by atoms with Crippen molar-refractivity contribution in [1.29, 1.82) is 0 Å². The predicted molar refractivity (Wildman–Crippen MR) is 106 cm³/mol. The molecule has 2 aromatic rings. The van der Waals surface area contributed by atoms with Gasteiger partial charge in [-0.05, 0) is 35.4 Å². The van der Waals surface area contributed by atoms with Gasteiger partial charge >= 0.3 is 12.2 Å². The van der Waals surface area contributed by atoms with E-state index in [1.807, 2.05) is 0 Å². The monoisotopic (exact) mass is 410 g/mol. The van der Waals surface area contributed by atoms with Gasteiger partial charge in [-0.3, -0.25) is 10.6 Å². The molecule has 0 aliphatic heterocycles. The summed E-state index contributed by atoms with van der Waals surface area (Å²) in [4.78, 5) is 50.5. The number of nitrogens with one attached hydrogen (secondary N) is 2. The van der Waals surface area contributed by atoms with Crippen LogP contribution in [0.3, 0.4) is 0 Å². The molecular formula is C20H18N4O6. The maximum absolute atomic E-state index is 11.7. The van der Waals surface area contributed by atoms with E-state index in [1.54, 1.807) is 48.5 Å². The summed E-state index contributed by atoms with van der Waals surface area (Å²) in [5.41, 5.74) is 2.58. The van der Waals surface area contributed by atoms with Crippen LogP contribution >= 0.6 is 0 Å². The van der Waals surface area contributed by atoms with Crippen molar-refractivity contribution in [1.82, 2.24) is 0 Å². The van der Waals surface area contributed by atoms with E-state index in [4.69, 9.17) is 9.47 Å². The molecule has 30 heavy (non-hydrogen) atoms. The van der Waals surface area contributed by atoms with Crippen molar-refractivity contribution in [2.24, 2.45) is 9.98 Å². The summed E-state index contributed by atoms with van der Waals surface area (Å²) in [5.74, 6) is 0. The van der Waals surface area contributed by atoms with Crippen LogP contribution in [0.15, 0.2) is 58.5 Å². The molecule has 10 nitrogen and oxygen atoms in total. The van der Waals surface area contributed by atoms with Crippen molar-refractivity contribution < 1.29 is 28.7 Å². The first-order chi connectivity index (χ1) is 14.6. The summed E-state index contributed by atoms with van der Waals surface area (Å²) in [6.45, 7) is 0.168. The largest absolute Gasteiger partial charge is 0.446 e. The van der Waals surface area contributed by atoms with E-state index in [9.17, 15) is 19.2 Å². The number of benzene rings is 2. The lowest BCUT2D eigenvalue weighted by Crippen LogP contribution is -2.20. The minimum Gasteiger partial charge on any atom is -0.446 e. The van der Waals surface area contributed by atoms with Gasteiger partial charge in [-0.2, -0.15) is 0 Å². The van der Waals surface area contributed by atoms with Crippen LogP contribution in [0, 0.1) is 0 Å². The quantitative estimate of drug-likeness (QED) is 0.370. The molecule has 0 saturated heterocycles. The average molecular weight is 410 g/mol. The fourth-order valence-corrected chi connectivity index (χ4v) is 2.21. The Hall–Kier alpha value is -4.26. The van der Waals surface area contributed by atoms with Crippen LogP contribution in [0.5, 0.6) is 0 Å². The highest BCUT2D eigenvalue weighted by Crippen LogP contribution is 2.11. The zero-order chi connectivity index (χ0) is 21.6. The fourth-order valence-electron chi connectivity index (χ4n) is 2.21. The number of carbonyl (C=O) groups is 2. The lowest BCUT2D eigenvalue weighted by atomic mass is 10.2. The molecule has 0 aromatic heterocycles. The van der Waals surface area contributed by atoms with E-state index >= 15 is 0 Å². The van der Waals surface area contributed by atoms with Gasteiger partial charge < -0.3 is 9.47 Å². The number of rotatable bonds is 9. The summed E-state index contributed by atoms with van der Waals surface area (Å²) in [7, 11) is 0. The molecule has 2 N–H and O–H groups in total. The van der Waals surface area contributed by atoms with Gasteiger partial charge in [0.2, 0.25) is 12.2 Å². The lowest BCUT2D eigenvalue weighted by molar-refractivity contribution is 0.110. The highest BCUT2D eigenvalue weighted by molar-refractivity contribution is 5.85. The third-order valence-electron chi connectivity index (χ3n) is 3.60. The molecule has 0 unspecified atom stereocenters. The van der Waals surface area contributed by atoms with Gasteiger partial charge in [0.25, 0.3) is 0 Å². The van der Waals surface area contributed by atoms with Crippen molar-refractivity contribution >= 4 is 35.7 Å². The normalized spacial score (nSPS) is 9.47.